The van der Waals surface area contributed by atoms with Crippen LogP contribution in [0.25, 0.3) is 11.1 Å². The number of carboxylic acids is 1. The van der Waals surface area contributed by atoms with E-state index in [0.717, 1.165) is 47.3 Å². The van der Waals surface area contributed by atoms with Crippen LogP contribution in [0.5, 0.6) is 0 Å². The number of unbranched alkanes of at least 4 members (excludes halogenated alkanes) is 1. The molecule has 210 valence electrons. The summed E-state index contributed by atoms with van der Waals surface area (Å²) >= 11 is 0. The van der Waals surface area contributed by atoms with E-state index in [1.54, 1.807) is 42.3 Å². The van der Waals surface area contributed by atoms with Gasteiger partial charge in [-0.05, 0) is 71.5 Å². The van der Waals surface area contributed by atoms with Gasteiger partial charge in [-0.25, -0.2) is 9.59 Å². The average molecular weight is 550 g/mol. The number of urea groups is 1. The Morgan fingerprint density at radius 2 is 1.49 bits per heavy atom. The fourth-order valence-corrected chi connectivity index (χ4v) is 4.45. The second kappa shape index (κ2) is 13.9. The van der Waals surface area contributed by atoms with Gasteiger partial charge >= 0.3 is 12.0 Å². The van der Waals surface area contributed by atoms with Crippen LogP contribution in [0.4, 0.5) is 16.2 Å². The highest BCUT2D eigenvalue weighted by Crippen LogP contribution is 2.25. The fraction of sp³-hybridized carbons (Fsp3) is 0.206. The number of nitrogens with zero attached hydrogens (tertiary/aromatic N) is 1. The summed E-state index contributed by atoms with van der Waals surface area (Å²) in [6.07, 6.45) is 3.47. The zero-order chi connectivity index (χ0) is 29.2. The van der Waals surface area contributed by atoms with E-state index in [-0.39, 0.29) is 12.5 Å². The molecule has 0 aliphatic rings. The maximum Gasteiger partial charge on any atom is 0.326 e. The number of aryl methyl sites for hydroxylation is 1. The van der Waals surface area contributed by atoms with E-state index in [9.17, 15) is 19.5 Å². The number of benzene rings is 4. The molecule has 4 rings (SSSR count). The van der Waals surface area contributed by atoms with E-state index >= 15 is 0 Å². The molecule has 0 radical (unpaired) electrons. The molecule has 0 aliphatic carbocycles. The predicted molar refractivity (Wildman–Crippen MR) is 163 cm³/mol. The molecule has 0 fully saturated rings. The van der Waals surface area contributed by atoms with Gasteiger partial charge in [-0.1, -0.05) is 80.1 Å². The summed E-state index contributed by atoms with van der Waals surface area (Å²) in [6.45, 7) is 2.17. The Bertz CT molecular complexity index is 1470. The van der Waals surface area contributed by atoms with E-state index in [0.29, 0.717) is 5.56 Å². The third kappa shape index (κ3) is 8.05. The average Bonchev–Trinajstić information content (AvgIpc) is 3.00. The lowest BCUT2D eigenvalue weighted by Crippen LogP contribution is -2.42. The summed E-state index contributed by atoms with van der Waals surface area (Å²) in [7, 11) is 1.73. The molecule has 0 unspecified atom stereocenters. The van der Waals surface area contributed by atoms with Crippen LogP contribution in [0.15, 0.2) is 103 Å². The minimum atomic E-state index is -1.10. The summed E-state index contributed by atoms with van der Waals surface area (Å²) in [5.74, 6) is -1.52. The lowest BCUT2D eigenvalue weighted by molar-refractivity contribution is -0.139. The summed E-state index contributed by atoms with van der Waals surface area (Å²) in [5, 5.41) is 15.2. The van der Waals surface area contributed by atoms with Crippen LogP contribution in [-0.4, -0.2) is 36.1 Å². The first-order chi connectivity index (χ1) is 19.8. The highest BCUT2D eigenvalue weighted by Gasteiger charge is 2.21. The number of hydrogen-bond acceptors (Lipinski definition) is 3. The first kappa shape index (κ1) is 29.1. The van der Waals surface area contributed by atoms with Crippen molar-refractivity contribution in [1.82, 2.24) is 5.32 Å². The predicted octanol–water partition coefficient (Wildman–Crippen LogP) is 6.79. The Balaban J connectivity index is 1.39. The summed E-state index contributed by atoms with van der Waals surface area (Å²) in [5.41, 5.74) is 5.77. The van der Waals surface area contributed by atoms with Gasteiger partial charge in [0.1, 0.15) is 6.04 Å². The summed E-state index contributed by atoms with van der Waals surface area (Å²) in [6, 6.07) is 30.4. The molecule has 0 saturated carbocycles. The molecule has 0 aliphatic heterocycles. The molecule has 41 heavy (non-hydrogen) atoms. The first-order valence-corrected chi connectivity index (χ1v) is 13.8. The van der Waals surface area contributed by atoms with Crippen LogP contribution in [0.3, 0.4) is 0 Å². The smallest absolute Gasteiger partial charge is 0.326 e. The number of carbonyl (C=O) groups is 3. The molecule has 0 heterocycles. The second-order valence-corrected chi connectivity index (χ2v) is 9.97. The zero-order valence-electron chi connectivity index (χ0n) is 23.3. The number of anilines is 2. The van der Waals surface area contributed by atoms with Gasteiger partial charge in [0.15, 0.2) is 0 Å². The van der Waals surface area contributed by atoms with Gasteiger partial charge < -0.3 is 15.7 Å². The molecule has 4 aromatic rings. The SMILES string of the molecule is CCCCc1ccc(NC(=O)N(C)c2cccc(-c3ccc(C[C@H](NC(=O)c4ccccc4)C(=O)O)cc3)c2)cc1. The molecule has 4 aromatic carbocycles. The maximum atomic E-state index is 12.9. The molecular weight excluding hydrogens is 514 g/mol. The molecule has 0 spiro atoms. The van der Waals surface area contributed by atoms with Gasteiger partial charge in [0, 0.05) is 30.4 Å². The monoisotopic (exact) mass is 549 g/mol. The van der Waals surface area contributed by atoms with Gasteiger partial charge in [-0.3, -0.25) is 9.69 Å². The van der Waals surface area contributed by atoms with Crippen molar-refractivity contribution in [2.45, 2.75) is 38.6 Å². The van der Waals surface area contributed by atoms with Crippen molar-refractivity contribution in [3.8, 4) is 11.1 Å². The standard InChI is InChI=1S/C34H35N3O4/c1-3-4-9-24-16-20-29(21-17-24)35-34(41)37(2)30-13-8-12-28(23-30)26-18-14-25(15-19-26)22-31(33(39)40)36-32(38)27-10-6-5-7-11-27/h5-8,10-21,23,31H,3-4,9,22H2,1-2H3,(H,35,41)(H,36,38)(H,39,40)/t31-/m0/s1. The van der Waals surface area contributed by atoms with Crippen molar-refractivity contribution in [2.75, 3.05) is 17.3 Å². The molecule has 3 amide bonds. The van der Waals surface area contributed by atoms with Crippen molar-refractivity contribution in [2.24, 2.45) is 0 Å². The number of aliphatic carboxylic acids is 1. The quantitative estimate of drug-likeness (QED) is 0.192. The van der Waals surface area contributed by atoms with E-state index in [4.69, 9.17) is 0 Å². The van der Waals surface area contributed by atoms with Crippen molar-refractivity contribution in [1.29, 1.82) is 0 Å². The van der Waals surface area contributed by atoms with Crippen LogP contribution in [0.1, 0.15) is 41.3 Å². The molecule has 7 heteroatoms. The minimum Gasteiger partial charge on any atom is -0.480 e. The largest absolute Gasteiger partial charge is 0.480 e. The lowest BCUT2D eigenvalue weighted by Gasteiger charge is -2.19. The van der Waals surface area contributed by atoms with Crippen LogP contribution in [-0.2, 0) is 17.6 Å². The Morgan fingerprint density at radius 3 is 2.15 bits per heavy atom. The van der Waals surface area contributed by atoms with Gasteiger partial charge in [-0.15, -0.1) is 0 Å². The maximum absolute atomic E-state index is 12.9. The summed E-state index contributed by atoms with van der Waals surface area (Å²) < 4.78 is 0. The van der Waals surface area contributed by atoms with Gasteiger partial charge in [0.2, 0.25) is 0 Å². The van der Waals surface area contributed by atoms with Crippen molar-refractivity contribution >= 4 is 29.3 Å². The normalized spacial score (nSPS) is 11.4. The van der Waals surface area contributed by atoms with Gasteiger partial charge in [0.25, 0.3) is 5.91 Å². The van der Waals surface area contributed by atoms with E-state index in [1.807, 2.05) is 72.8 Å². The molecule has 0 aromatic heterocycles. The molecule has 3 N–H and O–H groups in total. The third-order valence-corrected chi connectivity index (χ3v) is 6.93. The Morgan fingerprint density at radius 1 is 0.805 bits per heavy atom. The number of hydrogen-bond donors (Lipinski definition) is 3. The number of rotatable bonds is 11. The molecule has 0 bridgehead atoms. The highest BCUT2D eigenvalue weighted by molar-refractivity contribution is 6.01. The summed E-state index contributed by atoms with van der Waals surface area (Å²) in [4.78, 5) is 38.8. The fourth-order valence-electron chi connectivity index (χ4n) is 4.45. The second-order valence-electron chi connectivity index (χ2n) is 9.97. The van der Waals surface area contributed by atoms with E-state index in [1.165, 1.54) is 5.56 Å². The highest BCUT2D eigenvalue weighted by atomic mass is 16.4. The minimum absolute atomic E-state index is 0.150. The Hall–Kier alpha value is -4.91. The van der Waals surface area contributed by atoms with E-state index in [2.05, 4.69) is 17.6 Å². The van der Waals surface area contributed by atoms with Crippen molar-refractivity contribution < 1.29 is 19.5 Å². The molecule has 0 saturated heterocycles. The van der Waals surface area contributed by atoms with Crippen molar-refractivity contribution in [3.05, 3.63) is 120 Å². The zero-order valence-corrected chi connectivity index (χ0v) is 23.3. The third-order valence-electron chi connectivity index (χ3n) is 6.93. The van der Waals surface area contributed by atoms with Crippen LogP contribution in [0.2, 0.25) is 0 Å². The van der Waals surface area contributed by atoms with E-state index < -0.39 is 17.9 Å². The van der Waals surface area contributed by atoms with Crippen LogP contribution in [0, 0.1) is 0 Å². The molecule has 1 atom stereocenters. The molecular formula is C34H35N3O4. The van der Waals surface area contributed by atoms with Gasteiger partial charge in [0.05, 0.1) is 0 Å². The Kier molecular flexibility index (Phi) is 9.89. The van der Waals surface area contributed by atoms with Crippen LogP contribution >= 0.6 is 0 Å². The first-order valence-electron chi connectivity index (χ1n) is 13.8. The topological polar surface area (TPSA) is 98.7 Å². The number of carbonyl (C=O) groups excluding carboxylic acids is 2. The number of carboxylic acid groups (broad SMARTS) is 1. The Labute approximate surface area is 240 Å². The molecule has 7 nitrogen and oxygen atoms in total. The number of nitrogens with one attached hydrogen (secondary N) is 2. The van der Waals surface area contributed by atoms with Gasteiger partial charge in [-0.2, -0.15) is 0 Å². The van der Waals surface area contributed by atoms with Crippen molar-refractivity contribution in [3.63, 3.8) is 0 Å². The van der Waals surface area contributed by atoms with Crippen LogP contribution < -0.4 is 15.5 Å². The lowest BCUT2D eigenvalue weighted by atomic mass is 10.00. The number of amides is 3.